The van der Waals surface area contributed by atoms with Crippen LogP contribution in [-0.2, 0) is 11.3 Å². The van der Waals surface area contributed by atoms with Crippen LogP contribution in [0.3, 0.4) is 0 Å². The Morgan fingerprint density at radius 3 is 3.19 bits per heavy atom. The topological polar surface area (TPSA) is 72.8 Å². The van der Waals surface area contributed by atoms with Gasteiger partial charge in [-0.05, 0) is 31.4 Å². The SMILES string of the molecule is N/C(=N/O)c1cccn1CC1CCCCO1. The first-order chi connectivity index (χ1) is 7.81. The van der Waals surface area contributed by atoms with E-state index in [-0.39, 0.29) is 11.9 Å². The lowest BCUT2D eigenvalue weighted by Gasteiger charge is -2.23. The van der Waals surface area contributed by atoms with Crippen molar-refractivity contribution in [3.8, 4) is 0 Å². The molecule has 5 heteroatoms. The first-order valence-corrected chi connectivity index (χ1v) is 5.56. The van der Waals surface area contributed by atoms with Crippen LogP contribution >= 0.6 is 0 Å². The van der Waals surface area contributed by atoms with Crippen LogP contribution in [0.2, 0.25) is 0 Å². The summed E-state index contributed by atoms with van der Waals surface area (Å²) in [5.41, 5.74) is 6.32. The number of aromatic nitrogens is 1. The molecule has 0 saturated carbocycles. The van der Waals surface area contributed by atoms with Crippen molar-refractivity contribution in [1.82, 2.24) is 4.57 Å². The average Bonchev–Trinajstić information content (AvgIpc) is 2.77. The molecule has 1 saturated heterocycles. The average molecular weight is 223 g/mol. The summed E-state index contributed by atoms with van der Waals surface area (Å²) < 4.78 is 7.62. The fourth-order valence-electron chi connectivity index (χ4n) is 2.03. The van der Waals surface area contributed by atoms with Gasteiger partial charge in [-0.3, -0.25) is 0 Å². The smallest absolute Gasteiger partial charge is 0.186 e. The third-order valence-electron chi connectivity index (χ3n) is 2.87. The van der Waals surface area contributed by atoms with Crippen LogP contribution in [0.1, 0.15) is 25.0 Å². The second kappa shape index (κ2) is 5.03. The van der Waals surface area contributed by atoms with Gasteiger partial charge in [0.05, 0.1) is 11.8 Å². The van der Waals surface area contributed by atoms with Crippen LogP contribution in [-0.4, -0.2) is 28.3 Å². The predicted molar refractivity (Wildman–Crippen MR) is 60.5 cm³/mol. The van der Waals surface area contributed by atoms with E-state index in [2.05, 4.69) is 5.16 Å². The van der Waals surface area contributed by atoms with E-state index >= 15 is 0 Å². The molecule has 88 valence electrons. The van der Waals surface area contributed by atoms with Crippen molar-refractivity contribution in [2.24, 2.45) is 10.9 Å². The molecule has 0 aliphatic carbocycles. The zero-order chi connectivity index (χ0) is 11.4. The standard InChI is InChI=1S/C11H17N3O2/c12-11(13-15)10-5-3-6-14(10)8-9-4-1-2-7-16-9/h3,5-6,9,15H,1-2,4,7-8H2,(H2,12,13). The van der Waals surface area contributed by atoms with Crippen molar-refractivity contribution >= 4 is 5.84 Å². The molecule has 0 bridgehead atoms. The normalized spacial score (nSPS) is 22.2. The summed E-state index contributed by atoms with van der Waals surface area (Å²) in [6, 6.07) is 3.72. The minimum atomic E-state index is 0.140. The van der Waals surface area contributed by atoms with Gasteiger partial charge in [0.15, 0.2) is 5.84 Å². The number of nitrogens with zero attached hydrogens (tertiary/aromatic N) is 2. The Kier molecular flexibility index (Phi) is 3.46. The number of nitrogens with two attached hydrogens (primary N) is 1. The second-order valence-electron chi connectivity index (χ2n) is 4.02. The molecule has 0 spiro atoms. The Morgan fingerprint density at radius 2 is 2.50 bits per heavy atom. The van der Waals surface area contributed by atoms with Crippen LogP contribution < -0.4 is 5.73 Å². The van der Waals surface area contributed by atoms with Gasteiger partial charge < -0.3 is 20.2 Å². The van der Waals surface area contributed by atoms with Gasteiger partial charge in [-0.15, -0.1) is 0 Å². The highest BCUT2D eigenvalue weighted by Gasteiger charge is 2.16. The Morgan fingerprint density at radius 1 is 1.62 bits per heavy atom. The van der Waals surface area contributed by atoms with Gasteiger partial charge in [-0.25, -0.2) is 0 Å². The molecular weight excluding hydrogens is 206 g/mol. The molecule has 1 aliphatic heterocycles. The van der Waals surface area contributed by atoms with Gasteiger partial charge in [0, 0.05) is 19.3 Å². The Hall–Kier alpha value is -1.49. The molecule has 1 atom stereocenters. The number of hydrogen-bond donors (Lipinski definition) is 2. The van der Waals surface area contributed by atoms with E-state index in [9.17, 15) is 0 Å². The zero-order valence-corrected chi connectivity index (χ0v) is 9.17. The van der Waals surface area contributed by atoms with Gasteiger partial charge in [0.25, 0.3) is 0 Å². The Labute approximate surface area is 94.5 Å². The van der Waals surface area contributed by atoms with Gasteiger partial charge >= 0.3 is 0 Å². The lowest BCUT2D eigenvalue weighted by molar-refractivity contribution is 0.00596. The van der Waals surface area contributed by atoms with E-state index in [4.69, 9.17) is 15.7 Å². The Balaban J connectivity index is 2.06. The molecule has 16 heavy (non-hydrogen) atoms. The molecule has 1 unspecified atom stereocenters. The van der Waals surface area contributed by atoms with Crippen LogP contribution in [0.4, 0.5) is 0 Å². The van der Waals surface area contributed by atoms with Crippen molar-refractivity contribution in [1.29, 1.82) is 0 Å². The number of hydrogen-bond acceptors (Lipinski definition) is 3. The van der Waals surface area contributed by atoms with Gasteiger partial charge in [-0.1, -0.05) is 5.16 Å². The summed E-state index contributed by atoms with van der Waals surface area (Å²) in [7, 11) is 0. The van der Waals surface area contributed by atoms with Crippen molar-refractivity contribution in [2.75, 3.05) is 6.61 Å². The van der Waals surface area contributed by atoms with Gasteiger partial charge in [-0.2, -0.15) is 0 Å². The third-order valence-corrected chi connectivity index (χ3v) is 2.87. The molecule has 1 aromatic heterocycles. The van der Waals surface area contributed by atoms with E-state index in [0.29, 0.717) is 0 Å². The minimum absolute atomic E-state index is 0.140. The molecule has 5 nitrogen and oxygen atoms in total. The maximum atomic E-state index is 8.66. The van der Waals surface area contributed by atoms with E-state index in [1.807, 2.05) is 22.9 Å². The summed E-state index contributed by atoms with van der Waals surface area (Å²) in [6.45, 7) is 1.60. The van der Waals surface area contributed by atoms with E-state index in [0.717, 1.165) is 31.7 Å². The maximum Gasteiger partial charge on any atom is 0.186 e. The van der Waals surface area contributed by atoms with Crippen molar-refractivity contribution < 1.29 is 9.94 Å². The fraction of sp³-hybridized carbons (Fsp3) is 0.545. The van der Waals surface area contributed by atoms with E-state index in [1.165, 1.54) is 6.42 Å². The zero-order valence-electron chi connectivity index (χ0n) is 9.17. The van der Waals surface area contributed by atoms with Crippen LogP contribution in [0, 0.1) is 0 Å². The number of rotatable bonds is 3. The molecule has 1 fully saturated rings. The summed E-state index contributed by atoms with van der Waals surface area (Å²) in [6.07, 6.45) is 5.60. The quantitative estimate of drug-likeness (QED) is 0.349. The van der Waals surface area contributed by atoms with Gasteiger partial charge in [0.2, 0.25) is 0 Å². The molecule has 3 N–H and O–H groups in total. The van der Waals surface area contributed by atoms with E-state index < -0.39 is 0 Å². The highest BCUT2D eigenvalue weighted by Crippen LogP contribution is 2.15. The summed E-state index contributed by atoms with van der Waals surface area (Å²) >= 11 is 0. The van der Waals surface area contributed by atoms with Crippen molar-refractivity contribution in [2.45, 2.75) is 31.9 Å². The summed E-state index contributed by atoms with van der Waals surface area (Å²) in [4.78, 5) is 0. The lowest BCUT2D eigenvalue weighted by atomic mass is 10.1. The summed E-state index contributed by atoms with van der Waals surface area (Å²) in [5, 5.41) is 11.7. The monoisotopic (exact) mass is 223 g/mol. The summed E-state index contributed by atoms with van der Waals surface area (Å²) in [5.74, 6) is 0.140. The van der Waals surface area contributed by atoms with Crippen LogP contribution in [0.15, 0.2) is 23.5 Å². The third kappa shape index (κ3) is 2.36. The predicted octanol–water partition coefficient (Wildman–Crippen LogP) is 1.15. The lowest BCUT2D eigenvalue weighted by Crippen LogP contribution is -2.27. The fourth-order valence-corrected chi connectivity index (χ4v) is 2.03. The molecule has 1 aromatic rings. The number of ether oxygens (including phenoxy) is 1. The van der Waals surface area contributed by atoms with Crippen LogP contribution in [0.5, 0.6) is 0 Å². The van der Waals surface area contributed by atoms with Crippen molar-refractivity contribution in [3.05, 3.63) is 24.0 Å². The largest absolute Gasteiger partial charge is 0.409 e. The molecule has 0 aromatic carbocycles. The van der Waals surface area contributed by atoms with Gasteiger partial charge in [0.1, 0.15) is 0 Å². The number of amidine groups is 1. The van der Waals surface area contributed by atoms with E-state index in [1.54, 1.807) is 0 Å². The molecular formula is C11H17N3O2. The first kappa shape index (κ1) is 11.0. The minimum Gasteiger partial charge on any atom is -0.409 e. The highest BCUT2D eigenvalue weighted by atomic mass is 16.5. The van der Waals surface area contributed by atoms with Crippen LogP contribution in [0.25, 0.3) is 0 Å². The highest BCUT2D eigenvalue weighted by molar-refractivity contribution is 5.95. The maximum absolute atomic E-state index is 8.66. The first-order valence-electron chi connectivity index (χ1n) is 5.56. The van der Waals surface area contributed by atoms with Crippen molar-refractivity contribution in [3.63, 3.8) is 0 Å². The second-order valence-corrected chi connectivity index (χ2v) is 4.02. The molecule has 1 aliphatic rings. The Bertz CT molecular complexity index is 367. The molecule has 2 heterocycles. The molecule has 0 radical (unpaired) electrons. The molecule has 2 rings (SSSR count). The molecule has 0 amide bonds. The number of oxime groups is 1.